The predicted octanol–water partition coefficient (Wildman–Crippen LogP) is 4.67. The molecule has 0 fully saturated rings. The number of halogens is 2. The summed E-state index contributed by atoms with van der Waals surface area (Å²) in [4.78, 5) is 0. The Morgan fingerprint density at radius 1 is 1.25 bits per heavy atom. The standard InChI is InChI=1S/C15H17Br2NO2/c1-10-3-5-12(6-4-10)19-9-11(2)18-8-13-7-14(16)15(17)20-13/h3-7,11,18H,8-9H2,1-2H3. The van der Waals surface area contributed by atoms with Crippen molar-refractivity contribution in [3.05, 3.63) is 50.8 Å². The van der Waals surface area contributed by atoms with Crippen molar-refractivity contribution in [2.24, 2.45) is 0 Å². The van der Waals surface area contributed by atoms with E-state index in [1.807, 2.05) is 30.3 Å². The summed E-state index contributed by atoms with van der Waals surface area (Å²) < 4.78 is 12.9. The lowest BCUT2D eigenvalue weighted by atomic mass is 10.2. The lowest BCUT2D eigenvalue weighted by molar-refractivity contribution is 0.269. The predicted molar refractivity (Wildman–Crippen MR) is 87.1 cm³/mol. The summed E-state index contributed by atoms with van der Waals surface area (Å²) in [5, 5.41) is 3.36. The highest BCUT2D eigenvalue weighted by Crippen LogP contribution is 2.26. The van der Waals surface area contributed by atoms with Crippen LogP contribution in [0.4, 0.5) is 0 Å². The second-order valence-electron chi connectivity index (χ2n) is 4.74. The molecule has 1 aromatic heterocycles. The Balaban J connectivity index is 1.75. The van der Waals surface area contributed by atoms with Gasteiger partial charge >= 0.3 is 0 Å². The highest BCUT2D eigenvalue weighted by atomic mass is 79.9. The van der Waals surface area contributed by atoms with Gasteiger partial charge in [0, 0.05) is 6.04 Å². The topological polar surface area (TPSA) is 34.4 Å². The molecule has 0 saturated heterocycles. The average molecular weight is 403 g/mol. The molecule has 5 heteroatoms. The Bertz CT molecular complexity index is 532. The Morgan fingerprint density at radius 3 is 2.55 bits per heavy atom. The van der Waals surface area contributed by atoms with E-state index in [0.29, 0.717) is 13.2 Å². The van der Waals surface area contributed by atoms with Crippen molar-refractivity contribution < 1.29 is 9.15 Å². The summed E-state index contributed by atoms with van der Waals surface area (Å²) in [6, 6.07) is 10.3. The zero-order valence-electron chi connectivity index (χ0n) is 11.5. The van der Waals surface area contributed by atoms with Crippen LogP contribution < -0.4 is 10.1 Å². The first-order valence-electron chi connectivity index (χ1n) is 6.41. The van der Waals surface area contributed by atoms with E-state index in [2.05, 4.69) is 51.0 Å². The molecule has 0 aliphatic carbocycles. The number of hydrogen-bond acceptors (Lipinski definition) is 3. The fraction of sp³-hybridized carbons (Fsp3) is 0.333. The van der Waals surface area contributed by atoms with Gasteiger partial charge in [-0.05, 0) is 63.9 Å². The normalized spacial score (nSPS) is 12.4. The van der Waals surface area contributed by atoms with Crippen molar-refractivity contribution in [2.75, 3.05) is 6.61 Å². The number of aryl methyl sites for hydroxylation is 1. The molecule has 1 atom stereocenters. The zero-order chi connectivity index (χ0) is 14.5. The number of benzene rings is 1. The summed E-state index contributed by atoms with van der Waals surface area (Å²) in [6.07, 6.45) is 0. The van der Waals surface area contributed by atoms with E-state index in [0.717, 1.165) is 20.7 Å². The lowest BCUT2D eigenvalue weighted by Gasteiger charge is -2.14. The van der Waals surface area contributed by atoms with Gasteiger partial charge < -0.3 is 14.5 Å². The lowest BCUT2D eigenvalue weighted by Crippen LogP contribution is -2.31. The number of hydrogen-bond donors (Lipinski definition) is 1. The van der Waals surface area contributed by atoms with Crippen molar-refractivity contribution in [1.82, 2.24) is 5.32 Å². The molecule has 0 radical (unpaired) electrons. The van der Waals surface area contributed by atoms with E-state index in [1.54, 1.807) is 0 Å². The minimum atomic E-state index is 0.235. The van der Waals surface area contributed by atoms with Gasteiger partial charge in [-0.1, -0.05) is 17.7 Å². The quantitative estimate of drug-likeness (QED) is 0.762. The zero-order valence-corrected chi connectivity index (χ0v) is 14.6. The van der Waals surface area contributed by atoms with Crippen LogP contribution >= 0.6 is 31.9 Å². The second kappa shape index (κ2) is 7.29. The summed E-state index contributed by atoms with van der Waals surface area (Å²) in [6.45, 7) is 5.43. The molecular formula is C15H17Br2NO2. The van der Waals surface area contributed by atoms with Crippen LogP contribution in [-0.2, 0) is 6.54 Å². The van der Waals surface area contributed by atoms with E-state index in [1.165, 1.54) is 5.56 Å². The third-order valence-electron chi connectivity index (χ3n) is 2.84. The maximum absolute atomic E-state index is 5.73. The van der Waals surface area contributed by atoms with Crippen LogP contribution in [0.2, 0.25) is 0 Å². The maximum Gasteiger partial charge on any atom is 0.183 e. The Labute approximate surface area is 136 Å². The van der Waals surface area contributed by atoms with E-state index < -0.39 is 0 Å². The summed E-state index contributed by atoms with van der Waals surface area (Å²) in [5.74, 6) is 1.78. The Morgan fingerprint density at radius 2 is 1.95 bits per heavy atom. The maximum atomic E-state index is 5.73. The Kier molecular flexibility index (Phi) is 5.69. The van der Waals surface area contributed by atoms with Crippen molar-refractivity contribution in [1.29, 1.82) is 0 Å². The van der Waals surface area contributed by atoms with E-state index in [4.69, 9.17) is 9.15 Å². The average Bonchev–Trinajstić information content (AvgIpc) is 2.75. The van der Waals surface area contributed by atoms with Crippen LogP contribution in [0.15, 0.2) is 43.9 Å². The van der Waals surface area contributed by atoms with Crippen LogP contribution in [-0.4, -0.2) is 12.6 Å². The molecular weight excluding hydrogens is 386 g/mol. The van der Waals surface area contributed by atoms with E-state index in [9.17, 15) is 0 Å². The molecule has 0 bridgehead atoms. The SMILES string of the molecule is Cc1ccc(OCC(C)NCc2cc(Br)c(Br)o2)cc1. The molecule has 1 aromatic carbocycles. The van der Waals surface area contributed by atoms with Gasteiger partial charge in [0.1, 0.15) is 18.1 Å². The third-order valence-corrected chi connectivity index (χ3v) is 4.55. The molecule has 1 unspecified atom stereocenters. The summed E-state index contributed by atoms with van der Waals surface area (Å²) in [5.41, 5.74) is 1.23. The Hall–Kier alpha value is -0.780. The van der Waals surface area contributed by atoms with Crippen LogP contribution in [0.3, 0.4) is 0 Å². The van der Waals surface area contributed by atoms with E-state index in [-0.39, 0.29) is 6.04 Å². The molecule has 1 N–H and O–H groups in total. The van der Waals surface area contributed by atoms with Crippen LogP contribution in [0.5, 0.6) is 5.75 Å². The van der Waals surface area contributed by atoms with Crippen LogP contribution in [0.25, 0.3) is 0 Å². The van der Waals surface area contributed by atoms with Gasteiger partial charge in [0.05, 0.1) is 11.0 Å². The minimum Gasteiger partial charge on any atom is -0.492 e. The molecule has 3 nitrogen and oxygen atoms in total. The molecule has 0 amide bonds. The highest BCUT2D eigenvalue weighted by Gasteiger charge is 2.08. The number of rotatable bonds is 6. The fourth-order valence-electron chi connectivity index (χ4n) is 1.67. The van der Waals surface area contributed by atoms with Crippen LogP contribution in [0.1, 0.15) is 18.2 Å². The van der Waals surface area contributed by atoms with Gasteiger partial charge in [0.15, 0.2) is 4.67 Å². The molecule has 108 valence electrons. The van der Waals surface area contributed by atoms with Gasteiger partial charge in [0.25, 0.3) is 0 Å². The molecule has 2 rings (SSSR count). The van der Waals surface area contributed by atoms with E-state index >= 15 is 0 Å². The number of ether oxygens (including phenoxy) is 1. The van der Waals surface area contributed by atoms with Gasteiger partial charge in [0.2, 0.25) is 0 Å². The van der Waals surface area contributed by atoms with Crippen molar-refractivity contribution in [3.8, 4) is 5.75 Å². The third kappa shape index (κ3) is 4.65. The molecule has 1 heterocycles. The smallest absolute Gasteiger partial charge is 0.183 e. The summed E-state index contributed by atoms with van der Waals surface area (Å²) >= 11 is 6.72. The minimum absolute atomic E-state index is 0.235. The van der Waals surface area contributed by atoms with Crippen molar-refractivity contribution >= 4 is 31.9 Å². The van der Waals surface area contributed by atoms with Crippen molar-refractivity contribution in [2.45, 2.75) is 26.4 Å². The molecule has 2 aromatic rings. The fourth-order valence-corrected chi connectivity index (χ4v) is 2.33. The number of nitrogens with one attached hydrogen (secondary N) is 1. The molecule has 0 spiro atoms. The molecule has 20 heavy (non-hydrogen) atoms. The molecule has 0 aliphatic heterocycles. The van der Waals surface area contributed by atoms with Gasteiger partial charge in [-0.15, -0.1) is 0 Å². The summed E-state index contributed by atoms with van der Waals surface area (Å²) in [7, 11) is 0. The first kappa shape index (κ1) is 15.6. The highest BCUT2D eigenvalue weighted by molar-refractivity contribution is 9.13. The largest absolute Gasteiger partial charge is 0.492 e. The first-order chi connectivity index (χ1) is 9.54. The second-order valence-corrected chi connectivity index (χ2v) is 6.31. The van der Waals surface area contributed by atoms with Crippen LogP contribution in [0, 0.1) is 6.92 Å². The monoisotopic (exact) mass is 401 g/mol. The van der Waals surface area contributed by atoms with Gasteiger partial charge in [-0.3, -0.25) is 0 Å². The first-order valence-corrected chi connectivity index (χ1v) is 8.00. The molecule has 0 saturated carbocycles. The molecule has 0 aliphatic rings. The number of furan rings is 1. The van der Waals surface area contributed by atoms with Crippen molar-refractivity contribution in [3.63, 3.8) is 0 Å². The van der Waals surface area contributed by atoms with Gasteiger partial charge in [-0.25, -0.2) is 0 Å². The van der Waals surface area contributed by atoms with Gasteiger partial charge in [-0.2, -0.15) is 0 Å².